The average molecular weight is 245 g/mol. The number of carbonyl (C=O) groups excluding carboxylic acids is 1. The van der Waals surface area contributed by atoms with Gasteiger partial charge in [0.1, 0.15) is 11.5 Å². The fraction of sp³-hybridized carbons (Fsp3) is 0.214. The summed E-state index contributed by atoms with van der Waals surface area (Å²) >= 11 is 0. The lowest BCUT2D eigenvalue weighted by atomic mass is 10.3. The maximum absolute atomic E-state index is 11.9. The highest BCUT2D eigenvalue weighted by molar-refractivity contribution is 5.95. The summed E-state index contributed by atoms with van der Waals surface area (Å²) in [6, 6.07) is 10.7. The lowest BCUT2D eigenvalue weighted by molar-refractivity contribution is 0.0913. The van der Waals surface area contributed by atoms with Crippen molar-refractivity contribution >= 4 is 5.78 Å². The van der Waals surface area contributed by atoms with E-state index in [1.807, 2.05) is 19.3 Å². The van der Waals surface area contributed by atoms with Crippen LogP contribution in [-0.4, -0.2) is 24.1 Å². The van der Waals surface area contributed by atoms with Gasteiger partial charge < -0.3 is 14.0 Å². The first-order valence-electron chi connectivity index (χ1n) is 5.62. The predicted molar refractivity (Wildman–Crippen MR) is 68.2 cm³/mol. The van der Waals surface area contributed by atoms with E-state index in [1.165, 1.54) is 0 Å². The van der Waals surface area contributed by atoms with Crippen LogP contribution in [0.1, 0.15) is 10.5 Å². The van der Waals surface area contributed by atoms with E-state index < -0.39 is 0 Å². The predicted octanol–water partition coefficient (Wildman–Crippen LogP) is 2.30. The molecule has 18 heavy (non-hydrogen) atoms. The Morgan fingerprint density at radius 3 is 2.39 bits per heavy atom. The molecule has 0 radical (unpaired) electrons. The summed E-state index contributed by atoms with van der Waals surface area (Å²) in [5, 5.41) is 0. The number of rotatable bonds is 5. The van der Waals surface area contributed by atoms with Gasteiger partial charge in [-0.25, -0.2) is 0 Å². The molecule has 0 N–H and O–H groups in total. The molecule has 0 aliphatic rings. The molecular formula is C14H15NO3. The highest BCUT2D eigenvalue weighted by Gasteiger charge is 2.09. The third kappa shape index (κ3) is 2.71. The van der Waals surface area contributed by atoms with Gasteiger partial charge >= 0.3 is 0 Å². The fourth-order valence-electron chi connectivity index (χ4n) is 1.65. The normalized spacial score (nSPS) is 10.1. The van der Waals surface area contributed by atoms with Gasteiger partial charge in [-0.3, -0.25) is 4.79 Å². The van der Waals surface area contributed by atoms with E-state index in [1.54, 1.807) is 42.0 Å². The van der Waals surface area contributed by atoms with Gasteiger partial charge in [-0.05, 0) is 36.4 Å². The molecule has 2 rings (SSSR count). The number of nitrogens with zero attached hydrogens (tertiary/aromatic N) is 1. The second kappa shape index (κ2) is 5.40. The zero-order valence-electron chi connectivity index (χ0n) is 10.4. The highest BCUT2D eigenvalue weighted by atomic mass is 16.5. The topological polar surface area (TPSA) is 40.5 Å². The highest BCUT2D eigenvalue weighted by Crippen LogP contribution is 2.17. The van der Waals surface area contributed by atoms with Crippen LogP contribution < -0.4 is 9.47 Å². The Bertz CT molecular complexity index is 528. The Morgan fingerprint density at radius 2 is 1.83 bits per heavy atom. The third-order valence-corrected chi connectivity index (χ3v) is 2.66. The van der Waals surface area contributed by atoms with E-state index in [2.05, 4.69) is 0 Å². The number of aromatic nitrogens is 1. The van der Waals surface area contributed by atoms with Crippen LogP contribution in [0.25, 0.3) is 0 Å². The maximum atomic E-state index is 11.9. The number of hydrogen-bond acceptors (Lipinski definition) is 3. The smallest absolute Gasteiger partial charge is 0.216 e. The Morgan fingerprint density at radius 1 is 1.17 bits per heavy atom. The molecule has 4 heteroatoms. The first kappa shape index (κ1) is 12.2. The molecule has 0 saturated carbocycles. The van der Waals surface area contributed by atoms with Crippen LogP contribution >= 0.6 is 0 Å². The molecule has 0 spiro atoms. The Kier molecular flexibility index (Phi) is 3.67. The minimum Gasteiger partial charge on any atom is -0.497 e. The second-order valence-corrected chi connectivity index (χ2v) is 3.89. The van der Waals surface area contributed by atoms with Crippen LogP contribution in [0.15, 0.2) is 42.6 Å². The number of ketones is 1. The van der Waals surface area contributed by atoms with Crippen molar-refractivity contribution in [1.29, 1.82) is 0 Å². The van der Waals surface area contributed by atoms with E-state index in [0.717, 1.165) is 5.75 Å². The van der Waals surface area contributed by atoms with Crippen molar-refractivity contribution in [3.63, 3.8) is 0 Å². The van der Waals surface area contributed by atoms with E-state index in [-0.39, 0.29) is 12.4 Å². The molecule has 0 unspecified atom stereocenters. The van der Waals surface area contributed by atoms with Crippen LogP contribution in [0.2, 0.25) is 0 Å². The quantitative estimate of drug-likeness (QED) is 0.759. The monoisotopic (exact) mass is 245 g/mol. The van der Waals surface area contributed by atoms with Crippen LogP contribution in [0.4, 0.5) is 0 Å². The SMILES string of the molecule is COc1ccc(OCC(=O)c2cccn2C)cc1. The second-order valence-electron chi connectivity index (χ2n) is 3.89. The van der Waals surface area contributed by atoms with Gasteiger partial charge in [0.2, 0.25) is 5.78 Å². The van der Waals surface area contributed by atoms with Crippen LogP contribution in [0.3, 0.4) is 0 Å². The minimum absolute atomic E-state index is 0.0319. The summed E-state index contributed by atoms with van der Waals surface area (Å²) in [4.78, 5) is 11.9. The first-order chi connectivity index (χ1) is 8.70. The van der Waals surface area contributed by atoms with Crippen molar-refractivity contribution in [2.45, 2.75) is 0 Å². The summed E-state index contributed by atoms with van der Waals surface area (Å²) in [5.74, 6) is 1.37. The molecule has 0 bridgehead atoms. The Hall–Kier alpha value is -2.23. The van der Waals surface area contributed by atoms with Crippen molar-refractivity contribution in [3.05, 3.63) is 48.3 Å². The van der Waals surface area contributed by atoms with Crippen molar-refractivity contribution in [3.8, 4) is 11.5 Å². The van der Waals surface area contributed by atoms with Gasteiger partial charge in [-0.2, -0.15) is 0 Å². The van der Waals surface area contributed by atoms with Gasteiger partial charge in [-0.15, -0.1) is 0 Å². The minimum atomic E-state index is -0.0432. The van der Waals surface area contributed by atoms with Gasteiger partial charge in [0.15, 0.2) is 6.61 Å². The van der Waals surface area contributed by atoms with Crippen molar-refractivity contribution in [1.82, 2.24) is 4.57 Å². The number of carbonyl (C=O) groups is 1. The summed E-state index contributed by atoms with van der Waals surface area (Å²) in [5.41, 5.74) is 0.642. The number of Topliss-reactive ketones (excluding diaryl/α,β-unsaturated/α-hetero) is 1. The van der Waals surface area contributed by atoms with Crippen LogP contribution in [-0.2, 0) is 7.05 Å². The van der Waals surface area contributed by atoms with Crippen LogP contribution in [0, 0.1) is 0 Å². The summed E-state index contributed by atoms with van der Waals surface area (Å²) in [6.45, 7) is 0.0319. The zero-order valence-corrected chi connectivity index (χ0v) is 10.4. The molecule has 1 heterocycles. The van der Waals surface area contributed by atoms with Crippen molar-refractivity contribution in [2.75, 3.05) is 13.7 Å². The van der Waals surface area contributed by atoms with E-state index >= 15 is 0 Å². The molecule has 0 aliphatic carbocycles. The molecule has 4 nitrogen and oxygen atoms in total. The number of benzene rings is 1. The van der Waals surface area contributed by atoms with Gasteiger partial charge in [0.25, 0.3) is 0 Å². The largest absolute Gasteiger partial charge is 0.497 e. The van der Waals surface area contributed by atoms with Gasteiger partial charge in [0.05, 0.1) is 12.8 Å². The molecule has 0 amide bonds. The Balaban J connectivity index is 1.95. The molecule has 2 aromatic rings. The van der Waals surface area contributed by atoms with Crippen molar-refractivity contribution in [2.24, 2.45) is 7.05 Å². The molecule has 0 aliphatic heterocycles. The number of aryl methyl sites for hydroxylation is 1. The summed E-state index contributed by atoms with van der Waals surface area (Å²) in [7, 11) is 3.44. The molecule has 1 aromatic carbocycles. The lowest BCUT2D eigenvalue weighted by Gasteiger charge is -2.07. The standard InChI is InChI=1S/C14H15NO3/c1-15-9-3-4-13(15)14(16)10-18-12-7-5-11(17-2)6-8-12/h3-9H,10H2,1-2H3. The average Bonchev–Trinajstić information content (AvgIpc) is 2.83. The molecule has 94 valence electrons. The Labute approximate surface area is 106 Å². The van der Waals surface area contributed by atoms with E-state index in [4.69, 9.17) is 9.47 Å². The molecule has 0 atom stereocenters. The zero-order chi connectivity index (χ0) is 13.0. The number of methoxy groups -OCH3 is 1. The third-order valence-electron chi connectivity index (χ3n) is 2.66. The molecule has 0 fully saturated rings. The molecule has 0 saturated heterocycles. The van der Waals surface area contributed by atoms with Crippen LogP contribution in [0.5, 0.6) is 11.5 Å². The molecular weight excluding hydrogens is 230 g/mol. The summed E-state index contributed by atoms with van der Waals surface area (Å²) in [6.07, 6.45) is 1.83. The number of ether oxygens (including phenoxy) is 2. The summed E-state index contributed by atoms with van der Waals surface area (Å²) < 4.78 is 12.2. The lowest BCUT2D eigenvalue weighted by Crippen LogP contribution is -2.14. The number of hydrogen-bond donors (Lipinski definition) is 0. The van der Waals surface area contributed by atoms with Gasteiger partial charge in [-0.1, -0.05) is 0 Å². The maximum Gasteiger partial charge on any atom is 0.216 e. The molecule has 1 aromatic heterocycles. The van der Waals surface area contributed by atoms with Gasteiger partial charge in [0, 0.05) is 13.2 Å². The first-order valence-corrected chi connectivity index (χ1v) is 5.62. The fourth-order valence-corrected chi connectivity index (χ4v) is 1.65. The van der Waals surface area contributed by atoms with E-state index in [9.17, 15) is 4.79 Å². The van der Waals surface area contributed by atoms with E-state index in [0.29, 0.717) is 11.4 Å². The van der Waals surface area contributed by atoms with Crippen molar-refractivity contribution < 1.29 is 14.3 Å².